The Kier molecular flexibility index (Phi) is 9.57. The van der Waals surface area contributed by atoms with Crippen LogP contribution < -0.4 is 19.5 Å². The molecule has 2 saturated carbocycles. The number of allylic oxidation sites excluding steroid dienone is 1. The Morgan fingerprint density at radius 2 is 1.94 bits per heavy atom. The summed E-state index contributed by atoms with van der Waals surface area (Å²) in [5, 5.41) is 6.33. The lowest BCUT2D eigenvalue weighted by molar-refractivity contribution is -0.147. The van der Waals surface area contributed by atoms with Crippen molar-refractivity contribution in [1.82, 2.24) is 24.9 Å². The summed E-state index contributed by atoms with van der Waals surface area (Å²) < 4.78 is 45.7. The SMILES string of the molecule is COc1ccc2c(OC3CC4C(=O)NC5(C(=O)NS(=O)(=O)C6(C)CC6)CC5C=CCCCCOC(C)C(=O)N4C3)cc(-c3nc(C)cs3)nc2c1C. The Labute approximate surface area is 307 Å². The van der Waals surface area contributed by atoms with Gasteiger partial charge in [0, 0.05) is 47.0 Å². The monoisotopic (exact) mass is 751 g/mol. The standard InChI is InChI=1S/C37H45N5O8S2/c1-21-20-51-33(38-21)27-17-30(26-11-12-29(48-5)22(2)31(26)39-27)50-25-16-28-32(43)40-37(35(45)41-52(46,47)36(4)13-14-36)18-24(37)10-8-6-7-9-15-49-23(3)34(44)42(28)19-25/h8,10-12,17,20,23-25,28H,6-7,9,13-16,18-19H2,1-5H3,(H,40,43)(H,41,45). The third-order valence-corrected chi connectivity index (χ3v) is 13.9. The predicted octanol–water partition coefficient (Wildman–Crippen LogP) is 4.35. The van der Waals surface area contributed by atoms with Gasteiger partial charge in [-0.1, -0.05) is 12.2 Å². The number of benzene rings is 1. The van der Waals surface area contributed by atoms with Gasteiger partial charge in [0.1, 0.15) is 46.0 Å². The number of carbonyl (C=O) groups excluding carboxylic acids is 3. The second-order valence-electron chi connectivity index (χ2n) is 14.7. The van der Waals surface area contributed by atoms with E-state index >= 15 is 0 Å². The van der Waals surface area contributed by atoms with Gasteiger partial charge in [-0.3, -0.25) is 19.1 Å². The third-order valence-electron chi connectivity index (χ3n) is 10.8. The Morgan fingerprint density at radius 3 is 2.65 bits per heavy atom. The predicted molar refractivity (Wildman–Crippen MR) is 195 cm³/mol. The molecule has 5 unspecified atom stereocenters. The number of thiazole rings is 1. The number of nitrogens with zero attached hydrogens (tertiary/aromatic N) is 3. The van der Waals surface area contributed by atoms with Gasteiger partial charge in [-0.2, -0.15) is 0 Å². The molecule has 4 aliphatic rings. The van der Waals surface area contributed by atoms with Crippen molar-refractivity contribution in [3.05, 3.63) is 47.0 Å². The van der Waals surface area contributed by atoms with Gasteiger partial charge in [0.2, 0.25) is 15.9 Å². The molecule has 0 radical (unpaired) electrons. The number of aryl methyl sites for hydroxylation is 2. The first-order valence-corrected chi connectivity index (χ1v) is 20.2. The second-order valence-corrected chi connectivity index (χ2v) is 17.7. The quantitative estimate of drug-likeness (QED) is 0.332. The average molecular weight is 752 g/mol. The van der Waals surface area contributed by atoms with Crippen LogP contribution in [0.2, 0.25) is 0 Å². The van der Waals surface area contributed by atoms with Crippen molar-refractivity contribution in [2.75, 3.05) is 20.3 Å². The zero-order valence-corrected chi connectivity index (χ0v) is 31.7. The van der Waals surface area contributed by atoms with Gasteiger partial charge in [0.05, 0.1) is 23.9 Å². The minimum atomic E-state index is -3.95. The van der Waals surface area contributed by atoms with E-state index in [0.717, 1.165) is 40.9 Å². The van der Waals surface area contributed by atoms with E-state index in [1.807, 2.05) is 49.6 Å². The molecule has 13 nitrogen and oxygen atoms in total. The van der Waals surface area contributed by atoms with Crippen molar-refractivity contribution in [3.8, 4) is 22.2 Å². The maximum Gasteiger partial charge on any atom is 0.259 e. The number of pyridine rings is 1. The largest absolute Gasteiger partial charge is 0.496 e. The van der Waals surface area contributed by atoms with Gasteiger partial charge >= 0.3 is 0 Å². The van der Waals surface area contributed by atoms with E-state index in [2.05, 4.69) is 15.0 Å². The highest BCUT2D eigenvalue weighted by molar-refractivity contribution is 7.91. The third kappa shape index (κ3) is 6.78. The molecule has 5 atom stereocenters. The maximum atomic E-state index is 14.3. The van der Waals surface area contributed by atoms with Gasteiger partial charge in [-0.15, -0.1) is 11.3 Å². The molecule has 52 heavy (non-hydrogen) atoms. The van der Waals surface area contributed by atoms with Gasteiger partial charge < -0.3 is 24.4 Å². The lowest BCUT2D eigenvalue weighted by Crippen LogP contribution is -2.57. The summed E-state index contributed by atoms with van der Waals surface area (Å²) >= 11 is 1.47. The zero-order valence-electron chi connectivity index (χ0n) is 30.1. The topological polar surface area (TPSA) is 166 Å². The smallest absolute Gasteiger partial charge is 0.259 e. The summed E-state index contributed by atoms with van der Waals surface area (Å²) in [6, 6.07) is 4.55. The molecular formula is C37H45N5O8S2. The summed E-state index contributed by atoms with van der Waals surface area (Å²) in [6.07, 6.45) is 5.96. The number of sulfonamides is 1. The first-order chi connectivity index (χ1) is 24.7. The fourth-order valence-electron chi connectivity index (χ4n) is 7.09. The van der Waals surface area contributed by atoms with Crippen LogP contribution in [0.5, 0.6) is 11.5 Å². The van der Waals surface area contributed by atoms with Gasteiger partial charge in [-0.05, 0) is 78.4 Å². The number of aromatic nitrogens is 2. The van der Waals surface area contributed by atoms with Crippen molar-refractivity contribution >= 4 is 50.0 Å². The van der Waals surface area contributed by atoms with Crippen LogP contribution in [0.3, 0.4) is 0 Å². The van der Waals surface area contributed by atoms with Crippen molar-refractivity contribution in [2.24, 2.45) is 5.92 Å². The zero-order chi connectivity index (χ0) is 37.0. The molecule has 0 spiro atoms. The number of carbonyl (C=O) groups is 3. The minimum absolute atomic E-state index is 0.0878. The Balaban J connectivity index is 1.21. The second kappa shape index (κ2) is 13.7. The Hall–Kier alpha value is -4.08. The van der Waals surface area contributed by atoms with Crippen LogP contribution >= 0.6 is 11.3 Å². The number of amides is 3. The minimum Gasteiger partial charge on any atom is -0.496 e. The van der Waals surface area contributed by atoms with Gasteiger partial charge in [0.25, 0.3) is 11.8 Å². The van der Waals surface area contributed by atoms with Crippen LogP contribution in [-0.4, -0.2) is 89.8 Å². The van der Waals surface area contributed by atoms with Crippen LogP contribution in [0.25, 0.3) is 21.6 Å². The number of hydrogen-bond acceptors (Lipinski definition) is 11. The van der Waals surface area contributed by atoms with Crippen molar-refractivity contribution < 1.29 is 37.0 Å². The van der Waals surface area contributed by atoms with Gasteiger partial charge in [-0.25, -0.2) is 18.4 Å². The summed E-state index contributed by atoms with van der Waals surface area (Å²) in [5.41, 5.74) is 1.54. The normalized spacial score (nSPS) is 27.5. The Morgan fingerprint density at radius 1 is 1.15 bits per heavy atom. The molecule has 3 aromatic rings. The molecular weight excluding hydrogens is 707 g/mol. The van der Waals surface area contributed by atoms with E-state index in [-0.39, 0.29) is 25.3 Å². The molecule has 1 aromatic carbocycles. The summed E-state index contributed by atoms with van der Waals surface area (Å²) in [7, 11) is -2.34. The molecule has 2 aromatic heterocycles. The van der Waals surface area contributed by atoms with Crippen molar-refractivity contribution in [2.45, 2.75) is 101 Å². The highest BCUT2D eigenvalue weighted by atomic mass is 32.2. The van der Waals surface area contributed by atoms with Crippen molar-refractivity contribution in [3.63, 3.8) is 0 Å². The molecule has 278 valence electrons. The highest BCUT2D eigenvalue weighted by Gasteiger charge is 2.63. The molecule has 1 saturated heterocycles. The van der Waals surface area contributed by atoms with Crippen molar-refractivity contribution in [1.29, 1.82) is 0 Å². The van der Waals surface area contributed by atoms with E-state index in [9.17, 15) is 22.8 Å². The van der Waals surface area contributed by atoms with E-state index in [1.165, 1.54) is 16.2 Å². The highest BCUT2D eigenvalue weighted by Crippen LogP contribution is 2.47. The number of fused-ring (bicyclic) bond motifs is 3. The number of rotatable bonds is 7. The molecule has 15 heteroatoms. The molecule has 3 amide bonds. The Bertz CT molecular complexity index is 2060. The van der Waals surface area contributed by atoms with Crippen LogP contribution in [-0.2, 0) is 29.1 Å². The van der Waals surface area contributed by atoms with Crippen LogP contribution in [0.4, 0.5) is 0 Å². The fraction of sp³-hybridized carbons (Fsp3) is 0.541. The number of nitrogens with one attached hydrogen (secondary N) is 2. The summed E-state index contributed by atoms with van der Waals surface area (Å²) in [5.74, 6) is -0.882. The molecule has 2 aliphatic carbocycles. The van der Waals surface area contributed by atoms with E-state index in [4.69, 9.17) is 19.2 Å². The molecule has 4 heterocycles. The summed E-state index contributed by atoms with van der Waals surface area (Å²) in [6.45, 7) is 7.59. The molecule has 3 fully saturated rings. The first-order valence-electron chi connectivity index (χ1n) is 17.8. The van der Waals surface area contributed by atoms with E-state index in [0.29, 0.717) is 42.2 Å². The van der Waals surface area contributed by atoms with Crippen LogP contribution in [0, 0.1) is 19.8 Å². The molecule has 0 bridgehead atoms. The lowest BCUT2D eigenvalue weighted by Gasteiger charge is -2.28. The average Bonchev–Trinajstić information content (AvgIpc) is 3.91. The van der Waals surface area contributed by atoms with E-state index in [1.54, 1.807) is 21.0 Å². The maximum absolute atomic E-state index is 14.3. The van der Waals surface area contributed by atoms with Crippen LogP contribution in [0.1, 0.15) is 70.1 Å². The number of hydrogen-bond donors (Lipinski definition) is 2. The molecule has 2 aliphatic heterocycles. The molecule has 7 rings (SSSR count). The first kappa shape index (κ1) is 36.3. The fourth-order valence-corrected chi connectivity index (χ4v) is 9.16. The lowest BCUT2D eigenvalue weighted by atomic mass is 10.1. The number of ether oxygens (including phenoxy) is 3. The molecule has 2 N–H and O–H groups in total. The summed E-state index contributed by atoms with van der Waals surface area (Å²) in [4.78, 5) is 53.0. The number of methoxy groups -OCH3 is 1. The van der Waals surface area contributed by atoms with Crippen LogP contribution in [0.15, 0.2) is 35.7 Å². The van der Waals surface area contributed by atoms with Gasteiger partial charge in [0.15, 0.2) is 0 Å². The van der Waals surface area contributed by atoms with E-state index < -0.39 is 56.3 Å².